The maximum atomic E-state index is 12.3. The van der Waals surface area contributed by atoms with Gasteiger partial charge in [-0.05, 0) is 24.7 Å². The molecule has 0 saturated carbocycles. The lowest BCUT2D eigenvalue weighted by atomic mass is 9.87. The lowest BCUT2D eigenvalue weighted by Crippen LogP contribution is -2.56. The van der Waals surface area contributed by atoms with Gasteiger partial charge in [-0.1, -0.05) is 33.6 Å². The summed E-state index contributed by atoms with van der Waals surface area (Å²) in [5, 5.41) is 9.31. The Hall–Kier alpha value is -1.10. The van der Waals surface area contributed by atoms with Crippen LogP contribution < -0.4 is 5.73 Å². The largest absolute Gasteiger partial charge is 0.480 e. The van der Waals surface area contributed by atoms with Gasteiger partial charge in [0.25, 0.3) is 0 Å². The zero-order valence-corrected chi connectivity index (χ0v) is 12.1. The first-order valence-corrected chi connectivity index (χ1v) is 7.21. The Morgan fingerprint density at radius 2 is 2.05 bits per heavy atom. The molecule has 110 valence electrons. The van der Waals surface area contributed by atoms with Crippen molar-refractivity contribution >= 4 is 11.9 Å². The number of amides is 1. The highest BCUT2D eigenvalue weighted by molar-refractivity contribution is 5.87. The molecule has 0 bridgehead atoms. The van der Waals surface area contributed by atoms with E-state index in [0.717, 1.165) is 19.3 Å². The fourth-order valence-electron chi connectivity index (χ4n) is 2.60. The molecule has 5 nitrogen and oxygen atoms in total. The van der Waals surface area contributed by atoms with Crippen molar-refractivity contribution in [2.75, 3.05) is 6.54 Å². The van der Waals surface area contributed by atoms with Crippen LogP contribution in [0.25, 0.3) is 0 Å². The van der Waals surface area contributed by atoms with E-state index in [2.05, 4.69) is 6.92 Å². The van der Waals surface area contributed by atoms with E-state index in [-0.39, 0.29) is 11.8 Å². The van der Waals surface area contributed by atoms with Crippen molar-refractivity contribution in [3.05, 3.63) is 0 Å². The van der Waals surface area contributed by atoms with Crippen LogP contribution in [0.1, 0.15) is 46.5 Å². The Morgan fingerprint density at radius 1 is 1.42 bits per heavy atom. The smallest absolute Gasteiger partial charge is 0.326 e. The SMILES string of the molecule is CCC1CCN(C(=O)[C@@H](N)C(C)CC)C(C(=O)O)C1. The first-order valence-electron chi connectivity index (χ1n) is 7.21. The van der Waals surface area contributed by atoms with Gasteiger partial charge >= 0.3 is 5.97 Å². The fourth-order valence-corrected chi connectivity index (χ4v) is 2.60. The molecule has 0 aliphatic carbocycles. The van der Waals surface area contributed by atoms with E-state index in [1.165, 1.54) is 4.90 Å². The maximum Gasteiger partial charge on any atom is 0.326 e. The lowest BCUT2D eigenvalue weighted by molar-refractivity contribution is -0.154. The number of hydrogen-bond acceptors (Lipinski definition) is 3. The Labute approximate surface area is 115 Å². The maximum absolute atomic E-state index is 12.3. The number of carboxylic acids is 1. The van der Waals surface area contributed by atoms with E-state index < -0.39 is 18.1 Å². The molecular formula is C14H26N2O3. The molecule has 3 unspecified atom stereocenters. The van der Waals surface area contributed by atoms with Crippen LogP contribution in [-0.2, 0) is 9.59 Å². The van der Waals surface area contributed by atoms with E-state index >= 15 is 0 Å². The molecule has 0 spiro atoms. The van der Waals surface area contributed by atoms with Gasteiger partial charge in [0.15, 0.2) is 0 Å². The highest BCUT2D eigenvalue weighted by Gasteiger charge is 2.38. The van der Waals surface area contributed by atoms with Crippen molar-refractivity contribution < 1.29 is 14.7 Å². The number of hydrogen-bond donors (Lipinski definition) is 2. The summed E-state index contributed by atoms with van der Waals surface area (Å²) in [6.07, 6.45) is 3.20. The number of aliphatic carboxylic acids is 1. The quantitative estimate of drug-likeness (QED) is 0.792. The van der Waals surface area contributed by atoms with Gasteiger partial charge in [-0.3, -0.25) is 4.79 Å². The van der Waals surface area contributed by atoms with Crippen molar-refractivity contribution in [2.45, 2.75) is 58.5 Å². The van der Waals surface area contributed by atoms with Crippen LogP contribution in [0.15, 0.2) is 0 Å². The number of nitrogens with zero attached hydrogens (tertiary/aromatic N) is 1. The molecule has 1 saturated heterocycles. The monoisotopic (exact) mass is 270 g/mol. The number of carbonyl (C=O) groups is 2. The summed E-state index contributed by atoms with van der Waals surface area (Å²) in [5.74, 6) is -0.657. The fraction of sp³-hybridized carbons (Fsp3) is 0.857. The van der Waals surface area contributed by atoms with Crippen LogP contribution in [0.3, 0.4) is 0 Å². The number of piperidine rings is 1. The van der Waals surface area contributed by atoms with Gasteiger partial charge in [0.2, 0.25) is 5.91 Å². The standard InChI is InChI=1S/C14H26N2O3/c1-4-9(3)12(15)13(17)16-7-6-10(5-2)8-11(16)14(18)19/h9-12H,4-8,15H2,1-3H3,(H,18,19)/t9?,10?,11?,12-/m0/s1. The van der Waals surface area contributed by atoms with Crippen LogP contribution in [-0.4, -0.2) is 40.5 Å². The molecule has 1 rings (SSSR count). The van der Waals surface area contributed by atoms with E-state index in [4.69, 9.17) is 5.73 Å². The Kier molecular flexibility index (Phi) is 5.79. The zero-order chi connectivity index (χ0) is 14.6. The Balaban J connectivity index is 2.79. The number of carbonyl (C=O) groups excluding carboxylic acids is 1. The number of rotatable bonds is 5. The second kappa shape index (κ2) is 6.89. The third-order valence-electron chi connectivity index (χ3n) is 4.40. The summed E-state index contributed by atoms with van der Waals surface area (Å²) in [6.45, 7) is 6.48. The van der Waals surface area contributed by atoms with E-state index in [1.807, 2.05) is 13.8 Å². The average molecular weight is 270 g/mol. The topological polar surface area (TPSA) is 83.6 Å². The van der Waals surface area contributed by atoms with Gasteiger partial charge in [-0.25, -0.2) is 4.79 Å². The van der Waals surface area contributed by atoms with Gasteiger partial charge in [0, 0.05) is 6.54 Å². The zero-order valence-electron chi connectivity index (χ0n) is 12.1. The molecule has 0 aromatic heterocycles. The predicted molar refractivity (Wildman–Crippen MR) is 73.6 cm³/mol. The molecular weight excluding hydrogens is 244 g/mol. The van der Waals surface area contributed by atoms with Gasteiger partial charge in [-0.15, -0.1) is 0 Å². The van der Waals surface area contributed by atoms with Gasteiger partial charge in [0.05, 0.1) is 6.04 Å². The van der Waals surface area contributed by atoms with Crippen LogP contribution in [0.2, 0.25) is 0 Å². The van der Waals surface area contributed by atoms with Gasteiger partial charge in [-0.2, -0.15) is 0 Å². The summed E-state index contributed by atoms with van der Waals surface area (Å²) in [7, 11) is 0. The number of carboxylic acid groups (broad SMARTS) is 1. The molecule has 1 amide bonds. The second-order valence-corrected chi connectivity index (χ2v) is 5.60. The summed E-state index contributed by atoms with van der Waals surface area (Å²) >= 11 is 0. The van der Waals surface area contributed by atoms with E-state index in [9.17, 15) is 14.7 Å². The minimum absolute atomic E-state index is 0.0749. The minimum atomic E-state index is -0.914. The third-order valence-corrected chi connectivity index (χ3v) is 4.40. The minimum Gasteiger partial charge on any atom is -0.480 e. The molecule has 1 aliphatic heterocycles. The van der Waals surface area contributed by atoms with Crippen molar-refractivity contribution in [2.24, 2.45) is 17.6 Å². The molecule has 1 fully saturated rings. The molecule has 1 aliphatic rings. The van der Waals surface area contributed by atoms with Gasteiger partial charge < -0.3 is 15.7 Å². The molecule has 1 heterocycles. The number of likely N-dealkylation sites (tertiary alicyclic amines) is 1. The summed E-state index contributed by atoms with van der Waals surface area (Å²) < 4.78 is 0. The normalized spacial score (nSPS) is 26.8. The van der Waals surface area contributed by atoms with Crippen LogP contribution in [0, 0.1) is 11.8 Å². The highest BCUT2D eigenvalue weighted by atomic mass is 16.4. The summed E-state index contributed by atoms with van der Waals surface area (Å²) in [6, 6.07) is -1.30. The first kappa shape index (κ1) is 16.0. The Morgan fingerprint density at radius 3 is 2.53 bits per heavy atom. The Bertz CT molecular complexity index is 333. The van der Waals surface area contributed by atoms with Crippen molar-refractivity contribution in [1.29, 1.82) is 0 Å². The predicted octanol–water partition coefficient (Wildman–Crippen LogP) is 1.46. The molecule has 0 radical (unpaired) electrons. The molecule has 0 aromatic rings. The van der Waals surface area contributed by atoms with Gasteiger partial charge in [0.1, 0.15) is 6.04 Å². The molecule has 0 aromatic carbocycles. The summed E-state index contributed by atoms with van der Waals surface area (Å²) in [4.78, 5) is 25.2. The van der Waals surface area contributed by atoms with Crippen LogP contribution in [0.4, 0.5) is 0 Å². The van der Waals surface area contributed by atoms with Crippen LogP contribution in [0.5, 0.6) is 0 Å². The summed E-state index contributed by atoms with van der Waals surface area (Å²) in [5.41, 5.74) is 5.95. The van der Waals surface area contributed by atoms with Crippen molar-refractivity contribution in [3.63, 3.8) is 0 Å². The molecule has 3 N–H and O–H groups in total. The molecule has 19 heavy (non-hydrogen) atoms. The van der Waals surface area contributed by atoms with E-state index in [1.54, 1.807) is 0 Å². The molecule has 4 atom stereocenters. The molecule has 5 heteroatoms. The third kappa shape index (κ3) is 3.69. The van der Waals surface area contributed by atoms with Crippen molar-refractivity contribution in [3.8, 4) is 0 Å². The lowest BCUT2D eigenvalue weighted by Gasteiger charge is -2.38. The average Bonchev–Trinajstić information content (AvgIpc) is 2.43. The number of nitrogens with two attached hydrogens (primary N) is 1. The van der Waals surface area contributed by atoms with Crippen LogP contribution >= 0.6 is 0 Å². The highest BCUT2D eigenvalue weighted by Crippen LogP contribution is 2.26. The second-order valence-electron chi connectivity index (χ2n) is 5.60. The van der Waals surface area contributed by atoms with Crippen molar-refractivity contribution in [1.82, 2.24) is 4.90 Å². The first-order chi connectivity index (χ1) is 8.92. The van der Waals surface area contributed by atoms with E-state index in [0.29, 0.717) is 18.9 Å².